The summed E-state index contributed by atoms with van der Waals surface area (Å²) in [5.74, 6) is 0.531. The van der Waals surface area contributed by atoms with Gasteiger partial charge in [-0.15, -0.1) is 0 Å². The minimum absolute atomic E-state index is 0.0495. The van der Waals surface area contributed by atoms with Gasteiger partial charge < -0.3 is 4.55 Å². The first-order valence-electron chi connectivity index (χ1n) is 7.30. The number of rotatable bonds is 5. The van der Waals surface area contributed by atoms with Crippen LogP contribution in [0.5, 0.6) is 0 Å². The zero-order chi connectivity index (χ0) is 14.5. The van der Waals surface area contributed by atoms with Gasteiger partial charge in [0.25, 0.3) is 0 Å². The van der Waals surface area contributed by atoms with Gasteiger partial charge in [-0.05, 0) is 44.4 Å². The predicted molar refractivity (Wildman–Crippen MR) is 69.8 cm³/mol. The molecule has 0 aromatic heterocycles. The number of hydrogen-bond donors (Lipinski definition) is 0. The van der Waals surface area contributed by atoms with Crippen LogP contribution in [0.3, 0.4) is 0 Å². The second-order valence-corrected chi connectivity index (χ2v) is 8.34. The Balaban J connectivity index is 1.67. The molecule has 0 saturated heterocycles. The fourth-order valence-electron chi connectivity index (χ4n) is 4.76. The topological polar surface area (TPSA) is 91.3 Å². The molecule has 0 aromatic rings. The normalized spacial score (nSPS) is 39.2. The molecule has 0 N–H and O–H groups in total. The van der Waals surface area contributed by atoms with Crippen molar-refractivity contribution in [3.05, 3.63) is 0 Å². The molecule has 2 unspecified atom stereocenters. The van der Waals surface area contributed by atoms with Gasteiger partial charge in [-0.25, -0.2) is 8.42 Å². The lowest BCUT2D eigenvalue weighted by molar-refractivity contribution is -0.156. The summed E-state index contributed by atoms with van der Waals surface area (Å²) >= 11 is 0. The lowest BCUT2D eigenvalue weighted by atomic mass is 9.48. The number of hydrogen-bond acceptors (Lipinski definition) is 5. The van der Waals surface area contributed by atoms with Crippen LogP contribution in [-0.2, 0) is 19.7 Å². The first-order valence-corrected chi connectivity index (χ1v) is 8.87. The molecule has 20 heavy (non-hydrogen) atoms. The van der Waals surface area contributed by atoms with Crippen LogP contribution in [0.1, 0.15) is 44.9 Å². The van der Waals surface area contributed by atoms with Crippen molar-refractivity contribution < 1.29 is 22.6 Å². The molecule has 112 valence electrons. The molecule has 6 heteroatoms. The molecular weight excluding hydrogens is 280 g/mol. The third-order valence-corrected chi connectivity index (χ3v) is 6.17. The summed E-state index contributed by atoms with van der Waals surface area (Å²) in [6.45, 7) is 0. The first-order chi connectivity index (χ1) is 9.29. The van der Waals surface area contributed by atoms with Gasteiger partial charge in [0.15, 0.2) is 0 Å². The van der Waals surface area contributed by atoms with Gasteiger partial charge >= 0.3 is 0 Å². The number of ketones is 2. The van der Waals surface area contributed by atoms with Crippen molar-refractivity contribution in [2.24, 2.45) is 23.2 Å². The van der Waals surface area contributed by atoms with Crippen LogP contribution < -0.4 is 0 Å². The van der Waals surface area contributed by atoms with Gasteiger partial charge in [-0.2, -0.15) is 0 Å². The Morgan fingerprint density at radius 1 is 1.20 bits per heavy atom. The van der Waals surface area contributed by atoms with E-state index in [2.05, 4.69) is 0 Å². The molecule has 4 rings (SSSR count). The molecule has 2 atom stereocenters. The minimum Gasteiger partial charge on any atom is -0.748 e. The van der Waals surface area contributed by atoms with Crippen molar-refractivity contribution >= 4 is 21.7 Å². The molecule has 0 radical (unpaired) electrons. The largest absolute Gasteiger partial charge is 0.748 e. The molecule has 4 bridgehead atoms. The lowest BCUT2D eigenvalue weighted by Crippen LogP contribution is -2.54. The van der Waals surface area contributed by atoms with Crippen LogP contribution in [0.15, 0.2) is 0 Å². The average Bonchev–Trinajstić information content (AvgIpc) is 2.33. The third-order valence-electron chi connectivity index (χ3n) is 5.38. The third kappa shape index (κ3) is 2.44. The van der Waals surface area contributed by atoms with Crippen LogP contribution in [0.4, 0.5) is 0 Å². The van der Waals surface area contributed by atoms with Gasteiger partial charge in [0, 0.05) is 29.4 Å². The predicted octanol–water partition coefficient (Wildman–Crippen LogP) is 1.28. The van der Waals surface area contributed by atoms with E-state index in [1.54, 1.807) is 0 Å². The maximum atomic E-state index is 12.5. The van der Waals surface area contributed by atoms with Crippen LogP contribution in [-0.4, -0.2) is 30.3 Å². The van der Waals surface area contributed by atoms with E-state index in [0.29, 0.717) is 24.5 Å². The van der Waals surface area contributed by atoms with E-state index in [-0.39, 0.29) is 30.5 Å². The van der Waals surface area contributed by atoms with Gasteiger partial charge in [-0.1, -0.05) is 0 Å². The highest BCUT2D eigenvalue weighted by Crippen LogP contribution is 2.59. The van der Waals surface area contributed by atoms with E-state index in [4.69, 9.17) is 0 Å². The standard InChI is InChI=1S/C14H20O5S/c15-12(2-1-3-20(17,18)19)14-6-9-4-10(7-14)13(16)11(5-9)8-14/h9-11H,1-8H2,(H,17,18,19)/p-1. The lowest BCUT2D eigenvalue weighted by Gasteiger charge is -2.54. The molecule has 0 amide bonds. The minimum atomic E-state index is -4.24. The number of Topliss-reactive ketones (excluding diaryl/α,β-unsaturated/α-hetero) is 2. The van der Waals surface area contributed by atoms with E-state index in [1.807, 2.05) is 0 Å². The Bertz CT molecular complexity index is 532. The van der Waals surface area contributed by atoms with Gasteiger partial charge in [0.2, 0.25) is 0 Å². The smallest absolute Gasteiger partial charge is 0.139 e. The van der Waals surface area contributed by atoms with Crippen LogP contribution >= 0.6 is 0 Å². The van der Waals surface area contributed by atoms with Gasteiger partial charge in [0.1, 0.15) is 11.6 Å². The zero-order valence-electron chi connectivity index (χ0n) is 11.3. The van der Waals surface area contributed by atoms with Gasteiger partial charge in [-0.3, -0.25) is 9.59 Å². The maximum absolute atomic E-state index is 12.5. The zero-order valence-corrected chi connectivity index (χ0v) is 12.2. The molecular formula is C14H19O5S-. The number of carbonyl (C=O) groups is 2. The van der Waals surface area contributed by atoms with Crippen molar-refractivity contribution in [3.8, 4) is 0 Å². The molecule has 0 heterocycles. The SMILES string of the molecule is O=C1C2CC3CC1CC(C(=O)CCCS(=O)(=O)[O-])(C3)C2. The summed E-state index contributed by atoms with van der Waals surface area (Å²) in [4.78, 5) is 24.5. The van der Waals surface area contributed by atoms with Crippen LogP contribution in [0, 0.1) is 23.2 Å². The van der Waals surface area contributed by atoms with Crippen molar-refractivity contribution in [1.82, 2.24) is 0 Å². The Morgan fingerprint density at radius 3 is 2.35 bits per heavy atom. The number of carbonyl (C=O) groups excluding carboxylic acids is 2. The first kappa shape index (κ1) is 14.2. The van der Waals surface area contributed by atoms with Crippen molar-refractivity contribution in [1.29, 1.82) is 0 Å². The fraction of sp³-hybridized carbons (Fsp3) is 0.857. The summed E-state index contributed by atoms with van der Waals surface area (Å²) in [5, 5.41) is 0. The summed E-state index contributed by atoms with van der Waals surface area (Å²) in [6, 6.07) is 0. The van der Waals surface area contributed by atoms with Crippen LogP contribution in [0.25, 0.3) is 0 Å². The monoisotopic (exact) mass is 299 g/mol. The molecule has 4 saturated carbocycles. The fourth-order valence-corrected chi connectivity index (χ4v) is 5.26. The van der Waals surface area contributed by atoms with E-state index in [1.165, 1.54) is 0 Å². The summed E-state index contributed by atoms with van der Waals surface area (Å²) < 4.78 is 31.8. The van der Waals surface area contributed by atoms with E-state index >= 15 is 0 Å². The van der Waals surface area contributed by atoms with Crippen LogP contribution in [0.2, 0.25) is 0 Å². The van der Waals surface area contributed by atoms with Crippen molar-refractivity contribution in [2.45, 2.75) is 44.9 Å². The molecule has 4 aliphatic carbocycles. The summed E-state index contributed by atoms with van der Waals surface area (Å²) in [5.41, 5.74) is -0.392. The Labute approximate surface area is 118 Å². The molecule has 4 aliphatic rings. The summed E-state index contributed by atoms with van der Waals surface area (Å²) in [6.07, 6.45) is 4.29. The van der Waals surface area contributed by atoms with E-state index in [9.17, 15) is 22.6 Å². The van der Waals surface area contributed by atoms with E-state index < -0.39 is 21.3 Å². The van der Waals surface area contributed by atoms with Crippen molar-refractivity contribution in [3.63, 3.8) is 0 Å². The Morgan fingerprint density at radius 2 is 1.80 bits per heavy atom. The highest BCUT2D eigenvalue weighted by atomic mass is 32.2. The highest BCUT2D eigenvalue weighted by Gasteiger charge is 2.57. The molecule has 0 aliphatic heterocycles. The molecule has 4 fully saturated rings. The second kappa shape index (κ2) is 4.63. The Kier molecular flexibility index (Phi) is 3.29. The average molecular weight is 299 g/mol. The Hall–Kier alpha value is -0.750. The molecule has 0 spiro atoms. The van der Waals surface area contributed by atoms with Gasteiger partial charge in [0.05, 0.1) is 10.1 Å². The summed E-state index contributed by atoms with van der Waals surface area (Å²) in [7, 11) is -4.24. The molecule has 0 aromatic carbocycles. The molecule has 5 nitrogen and oxygen atoms in total. The quantitative estimate of drug-likeness (QED) is 0.713. The second-order valence-electron chi connectivity index (χ2n) is 6.81. The highest BCUT2D eigenvalue weighted by molar-refractivity contribution is 7.85. The maximum Gasteiger partial charge on any atom is 0.139 e. The van der Waals surface area contributed by atoms with E-state index in [0.717, 1.165) is 19.3 Å². The van der Waals surface area contributed by atoms with Crippen molar-refractivity contribution in [2.75, 3.05) is 5.75 Å².